The Bertz CT molecular complexity index is 2920. The van der Waals surface area contributed by atoms with Crippen LogP contribution in [0.3, 0.4) is 0 Å². The zero-order valence-electron chi connectivity index (χ0n) is 46.5. The summed E-state index contributed by atoms with van der Waals surface area (Å²) in [7, 11) is 8.96. The lowest BCUT2D eigenvalue weighted by Gasteiger charge is -2.34. The molecule has 0 bridgehead atoms. The fourth-order valence-corrected chi connectivity index (χ4v) is 13.8. The van der Waals surface area contributed by atoms with Crippen LogP contribution >= 0.6 is 21.6 Å². The first-order chi connectivity index (χ1) is 37.8. The average Bonchev–Trinajstić information content (AvgIpc) is 3.99. The lowest BCUT2D eigenvalue weighted by atomic mass is 9.98. The second-order valence-electron chi connectivity index (χ2n) is 21.3. The van der Waals surface area contributed by atoms with Gasteiger partial charge in [-0.3, -0.25) is 14.4 Å². The maximum Gasteiger partial charge on any atom is 0.260 e. The predicted molar refractivity (Wildman–Crippen MR) is 315 cm³/mol. The highest BCUT2D eigenvalue weighted by Gasteiger charge is 2.40. The average molecular weight is 1100 g/mol. The quantitative estimate of drug-likeness (QED) is 0.0376. The number of carbonyl (C=O) groups is 3. The van der Waals surface area contributed by atoms with E-state index < -0.39 is 0 Å². The van der Waals surface area contributed by atoms with Gasteiger partial charge < -0.3 is 53.3 Å². The van der Waals surface area contributed by atoms with Crippen LogP contribution in [0.2, 0.25) is 0 Å². The third-order valence-corrected chi connectivity index (χ3v) is 18.3. The molecule has 4 heterocycles. The summed E-state index contributed by atoms with van der Waals surface area (Å²) >= 11 is 0. The van der Waals surface area contributed by atoms with E-state index in [9.17, 15) is 14.4 Å². The second-order valence-corrected chi connectivity index (χ2v) is 24.5. The van der Waals surface area contributed by atoms with E-state index in [1.807, 2.05) is 94.7 Å². The molecule has 4 aliphatic heterocycles. The van der Waals surface area contributed by atoms with Gasteiger partial charge in [0.15, 0.2) is 11.5 Å². The van der Waals surface area contributed by atoms with Crippen molar-refractivity contribution in [2.45, 2.75) is 96.3 Å². The van der Waals surface area contributed by atoms with Crippen molar-refractivity contribution < 1.29 is 42.8 Å². The summed E-state index contributed by atoms with van der Waals surface area (Å²) in [6.07, 6.45) is 4.71. The van der Waals surface area contributed by atoms with Gasteiger partial charge in [0.2, 0.25) is 0 Å². The molecule has 2 atom stereocenters. The Morgan fingerprint density at radius 2 is 1.40 bits per heavy atom. The maximum absolute atomic E-state index is 14.4. The number of methoxy groups -OCH3 is 2. The first kappa shape index (κ1) is 57.0. The third kappa shape index (κ3) is 13.6. The lowest BCUT2D eigenvalue weighted by Crippen LogP contribution is -2.41. The number of benzene rings is 5. The number of anilines is 4. The number of likely N-dealkylation sites (N-methyl/N-ethyl adjacent to an activating group) is 2. The predicted octanol–water partition coefficient (Wildman–Crippen LogP) is 10.3. The number of carbonyl (C=O) groups excluding carboxylic acids is 3. The third-order valence-electron chi connectivity index (χ3n) is 15.0. The number of ether oxygens (including phenoxy) is 6. The molecule has 2 amide bonds. The summed E-state index contributed by atoms with van der Waals surface area (Å²) in [6.45, 7) is 14.7. The van der Waals surface area contributed by atoms with Gasteiger partial charge in [0.25, 0.3) is 11.8 Å². The molecule has 0 saturated heterocycles. The highest BCUT2D eigenvalue weighted by molar-refractivity contribution is 8.77. The van der Waals surface area contributed by atoms with E-state index in [1.54, 1.807) is 14.2 Å². The van der Waals surface area contributed by atoms with Crippen molar-refractivity contribution in [2.24, 2.45) is 0 Å². The van der Waals surface area contributed by atoms with Crippen molar-refractivity contribution in [3.63, 3.8) is 0 Å². The summed E-state index contributed by atoms with van der Waals surface area (Å²) in [4.78, 5) is 49.6. The molecule has 0 spiro atoms. The van der Waals surface area contributed by atoms with Gasteiger partial charge in [-0.15, -0.1) is 0 Å². The molecule has 0 saturated carbocycles. The van der Waals surface area contributed by atoms with Crippen LogP contribution in [0.5, 0.6) is 17.2 Å². The number of hydrogen-bond donors (Lipinski definition) is 1. The van der Waals surface area contributed by atoms with E-state index in [0.717, 1.165) is 101 Å². The number of ketones is 1. The minimum absolute atomic E-state index is 0.00676. The summed E-state index contributed by atoms with van der Waals surface area (Å²) in [5.41, 5.74) is 11.3. The Balaban J connectivity index is 0.987. The molecule has 0 aromatic heterocycles. The molecule has 0 fully saturated rings. The molecular weight excluding hydrogens is 1020 g/mol. The summed E-state index contributed by atoms with van der Waals surface area (Å²) in [5, 5.41) is 3.14. The molecule has 5 aromatic carbocycles. The fourth-order valence-electron chi connectivity index (χ4n) is 11.2. The van der Waals surface area contributed by atoms with Crippen molar-refractivity contribution in [1.29, 1.82) is 0 Å². The summed E-state index contributed by atoms with van der Waals surface area (Å²) < 4.78 is 36.4. The molecule has 0 unspecified atom stereocenters. The molecule has 16 heteroatoms. The Hall–Kier alpha value is -5.75. The van der Waals surface area contributed by atoms with E-state index >= 15 is 0 Å². The SMILES string of the molecule is CCNCC(=O)CCCSSC(C)(C)CN(CCOCCOCCOC)c1cc(COc2cc3c(cc2C)C(=O)N2c4ccccc4C[C@H]2CC3)cc(COc2cc3c(cc2OC)C(=O)N2c4ccccc4C[C@H]2CN3C)c1. The van der Waals surface area contributed by atoms with Crippen LogP contribution in [0.4, 0.5) is 22.7 Å². The standard InChI is InChI=1S/C62H77N5O9S2/c1-8-63-37-51(68)16-13-27-77-78-62(3,4)41-65(21-22-73-25-26-74-24-23-71-6)49-30-43(39-75-57-34-45-19-20-48-32-46-14-9-11-17-54(46)66(48)60(69)52(45)28-42(57)2)29-44(31-49)40-76-59-36-56-53(35-58(59)72-7)61(70)67-50(38-64(56)5)33-47-15-10-12-18-55(47)67/h9-12,14-15,17-18,28-31,34-36,48,50,63H,8,13,16,19-27,32-33,37-41H2,1-7H3/t48-,50+/m1/s1. The normalized spacial score (nSPS) is 16.4. The highest BCUT2D eigenvalue weighted by atomic mass is 33.1. The number of rotatable bonds is 28. The van der Waals surface area contributed by atoms with E-state index in [2.05, 4.69) is 77.5 Å². The number of amides is 2. The monoisotopic (exact) mass is 1100 g/mol. The van der Waals surface area contributed by atoms with E-state index in [0.29, 0.717) is 82.7 Å². The largest absolute Gasteiger partial charge is 0.493 e. The van der Waals surface area contributed by atoms with Gasteiger partial charge in [0.1, 0.15) is 24.7 Å². The first-order valence-corrected chi connectivity index (χ1v) is 29.9. The van der Waals surface area contributed by atoms with Gasteiger partial charge in [-0.05, 0) is 141 Å². The van der Waals surface area contributed by atoms with Gasteiger partial charge in [0.05, 0.1) is 64.0 Å². The van der Waals surface area contributed by atoms with E-state index in [1.165, 1.54) is 11.1 Å². The number of Topliss-reactive ketones (excluding diaryl/α,β-unsaturated/α-hetero) is 1. The van der Waals surface area contributed by atoms with Crippen LogP contribution in [0.25, 0.3) is 0 Å². The first-order valence-electron chi connectivity index (χ1n) is 27.5. The molecule has 0 radical (unpaired) electrons. The summed E-state index contributed by atoms with van der Waals surface area (Å²) in [6, 6.07) is 31.0. The van der Waals surface area contributed by atoms with Crippen LogP contribution in [-0.4, -0.2) is 127 Å². The second kappa shape index (κ2) is 26.5. The minimum atomic E-state index is -0.200. The molecule has 4 aliphatic rings. The molecule has 0 aliphatic carbocycles. The van der Waals surface area contributed by atoms with Gasteiger partial charge >= 0.3 is 0 Å². The Kier molecular flexibility index (Phi) is 19.3. The van der Waals surface area contributed by atoms with Crippen LogP contribution < -0.4 is 39.1 Å². The molecular formula is C62H77N5O9S2. The number of nitrogens with one attached hydrogen (secondary N) is 1. The van der Waals surface area contributed by atoms with Crippen LogP contribution in [0.1, 0.15) is 94.1 Å². The number of nitrogens with zero attached hydrogens (tertiary/aromatic N) is 4. The zero-order chi connectivity index (χ0) is 54.8. The van der Waals surface area contributed by atoms with E-state index in [-0.39, 0.29) is 47.6 Å². The number of hydrogen-bond acceptors (Lipinski definition) is 14. The van der Waals surface area contributed by atoms with Gasteiger partial charge in [-0.25, -0.2) is 0 Å². The van der Waals surface area contributed by atoms with Crippen molar-refractivity contribution in [3.05, 3.63) is 136 Å². The minimum Gasteiger partial charge on any atom is -0.493 e. The van der Waals surface area contributed by atoms with Crippen LogP contribution in [-0.2, 0) is 51.5 Å². The Morgan fingerprint density at radius 1 is 0.744 bits per heavy atom. The number of fused-ring (bicyclic) bond motifs is 8. The smallest absolute Gasteiger partial charge is 0.260 e. The van der Waals surface area contributed by atoms with Crippen molar-refractivity contribution in [2.75, 3.05) is 112 Å². The number of aryl methyl sites for hydroxylation is 2. The summed E-state index contributed by atoms with van der Waals surface area (Å²) in [5.74, 6) is 2.89. The highest BCUT2D eigenvalue weighted by Crippen LogP contribution is 2.44. The van der Waals surface area contributed by atoms with Gasteiger partial charge in [0, 0.05) is 85.4 Å². The lowest BCUT2D eigenvalue weighted by molar-refractivity contribution is -0.118. The van der Waals surface area contributed by atoms with Crippen molar-refractivity contribution >= 4 is 61.9 Å². The number of para-hydroxylation sites is 2. The molecule has 5 aromatic rings. The van der Waals surface area contributed by atoms with Gasteiger partial charge in [-0.2, -0.15) is 0 Å². The van der Waals surface area contributed by atoms with Crippen molar-refractivity contribution in [3.8, 4) is 17.2 Å². The van der Waals surface area contributed by atoms with Crippen LogP contribution in [0, 0.1) is 6.92 Å². The molecule has 416 valence electrons. The Labute approximate surface area is 469 Å². The van der Waals surface area contributed by atoms with Gasteiger partial charge in [-0.1, -0.05) is 64.9 Å². The maximum atomic E-state index is 14.4. The van der Waals surface area contributed by atoms with Crippen molar-refractivity contribution in [1.82, 2.24) is 5.32 Å². The molecule has 78 heavy (non-hydrogen) atoms. The Morgan fingerprint density at radius 3 is 2.10 bits per heavy atom. The topological polar surface area (TPSA) is 132 Å². The van der Waals surface area contributed by atoms with E-state index in [4.69, 9.17) is 28.4 Å². The molecule has 14 nitrogen and oxygen atoms in total. The molecule has 9 rings (SSSR count). The molecule has 1 N–H and O–H groups in total. The zero-order valence-corrected chi connectivity index (χ0v) is 48.2. The fraction of sp³-hybridized carbons (Fsp3) is 0.468. The van der Waals surface area contributed by atoms with Crippen LogP contribution in [0.15, 0.2) is 91.0 Å².